The number of benzene rings is 1. The van der Waals surface area contributed by atoms with Gasteiger partial charge in [-0.05, 0) is 32.9 Å². The minimum atomic E-state index is -0.771. The lowest BCUT2D eigenvalue weighted by molar-refractivity contribution is 0.259. The normalized spacial score (nSPS) is 16.2. The van der Waals surface area contributed by atoms with Gasteiger partial charge in [0.05, 0.1) is 0 Å². The molecule has 0 saturated heterocycles. The topological polar surface area (TPSA) is 38.7 Å². The van der Waals surface area contributed by atoms with Crippen molar-refractivity contribution in [3.05, 3.63) is 34.7 Å². The Morgan fingerprint density at radius 3 is 2.50 bits per heavy atom. The molecule has 4 heteroatoms. The van der Waals surface area contributed by atoms with Crippen LogP contribution in [-0.4, -0.2) is 17.5 Å². The molecule has 0 N–H and O–H groups in total. The third-order valence-electron chi connectivity index (χ3n) is 2.57. The van der Waals surface area contributed by atoms with Crippen molar-refractivity contribution in [3.63, 3.8) is 0 Å². The van der Waals surface area contributed by atoms with Gasteiger partial charge in [0, 0.05) is 0 Å². The standard InChI is InChI=1S/C12H16ClNO2/c1-9-4-6-11(7-5-9)16-8-12(3,13)10(2)14-15/h4-7,10H,8H2,1-3H3. The number of halogens is 1. The summed E-state index contributed by atoms with van der Waals surface area (Å²) in [5.41, 5.74) is 1.17. The van der Waals surface area contributed by atoms with E-state index in [2.05, 4.69) is 5.18 Å². The Hall–Kier alpha value is -1.09. The van der Waals surface area contributed by atoms with Crippen LogP contribution in [0.1, 0.15) is 19.4 Å². The smallest absolute Gasteiger partial charge is 0.119 e. The van der Waals surface area contributed by atoms with Crippen LogP contribution in [0.25, 0.3) is 0 Å². The van der Waals surface area contributed by atoms with Crippen LogP contribution in [0.5, 0.6) is 5.75 Å². The number of ether oxygens (including phenoxy) is 1. The Morgan fingerprint density at radius 1 is 1.44 bits per heavy atom. The molecule has 0 fully saturated rings. The number of nitroso groups, excluding NO2 is 1. The largest absolute Gasteiger partial charge is 0.492 e. The zero-order chi connectivity index (χ0) is 12.2. The fourth-order valence-corrected chi connectivity index (χ4v) is 1.18. The minimum Gasteiger partial charge on any atom is -0.492 e. The van der Waals surface area contributed by atoms with Crippen LogP contribution in [0.3, 0.4) is 0 Å². The first-order chi connectivity index (χ1) is 7.45. The van der Waals surface area contributed by atoms with Crippen LogP contribution in [0.2, 0.25) is 0 Å². The summed E-state index contributed by atoms with van der Waals surface area (Å²) in [6.45, 7) is 5.69. The van der Waals surface area contributed by atoms with Crippen molar-refractivity contribution < 1.29 is 4.74 Å². The molecule has 0 amide bonds. The van der Waals surface area contributed by atoms with Gasteiger partial charge in [-0.15, -0.1) is 11.6 Å². The van der Waals surface area contributed by atoms with E-state index in [1.54, 1.807) is 13.8 Å². The third kappa shape index (κ3) is 3.49. The third-order valence-corrected chi connectivity index (χ3v) is 3.00. The van der Waals surface area contributed by atoms with E-state index in [1.807, 2.05) is 31.2 Å². The van der Waals surface area contributed by atoms with Crippen LogP contribution in [0, 0.1) is 11.8 Å². The molecular weight excluding hydrogens is 226 g/mol. The molecule has 0 aliphatic carbocycles. The highest BCUT2D eigenvalue weighted by molar-refractivity contribution is 6.24. The maximum Gasteiger partial charge on any atom is 0.119 e. The molecular formula is C12H16ClNO2. The molecule has 0 aliphatic heterocycles. The second kappa shape index (κ2) is 5.30. The molecule has 0 aliphatic rings. The van der Waals surface area contributed by atoms with Crippen LogP contribution >= 0.6 is 11.6 Å². The molecule has 1 aromatic carbocycles. The fourth-order valence-electron chi connectivity index (χ4n) is 1.09. The quantitative estimate of drug-likeness (QED) is 0.584. The molecule has 88 valence electrons. The van der Waals surface area contributed by atoms with E-state index < -0.39 is 10.9 Å². The minimum absolute atomic E-state index is 0.254. The molecule has 0 radical (unpaired) electrons. The summed E-state index contributed by atoms with van der Waals surface area (Å²) in [5.74, 6) is 0.746. The molecule has 2 atom stereocenters. The first kappa shape index (κ1) is 13.0. The van der Waals surface area contributed by atoms with Crippen molar-refractivity contribution in [2.75, 3.05) is 6.61 Å². The highest BCUT2D eigenvalue weighted by Crippen LogP contribution is 2.23. The molecule has 3 nitrogen and oxygen atoms in total. The van der Waals surface area contributed by atoms with Crippen molar-refractivity contribution in [2.24, 2.45) is 5.18 Å². The molecule has 0 heterocycles. The van der Waals surface area contributed by atoms with E-state index >= 15 is 0 Å². The maximum atomic E-state index is 10.4. The zero-order valence-corrected chi connectivity index (χ0v) is 10.5. The lowest BCUT2D eigenvalue weighted by atomic mass is 10.1. The van der Waals surface area contributed by atoms with E-state index in [0.717, 1.165) is 5.75 Å². The number of rotatable bonds is 5. The molecule has 1 aromatic rings. The van der Waals surface area contributed by atoms with Gasteiger partial charge in [0.1, 0.15) is 23.3 Å². The Kier molecular flexibility index (Phi) is 4.30. The second-order valence-electron chi connectivity index (χ2n) is 4.16. The molecule has 2 unspecified atom stereocenters. The van der Waals surface area contributed by atoms with Gasteiger partial charge < -0.3 is 4.74 Å². The first-order valence-electron chi connectivity index (χ1n) is 5.16. The summed E-state index contributed by atoms with van der Waals surface area (Å²) in [5, 5.41) is 2.92. The summed E-state index contributed by atoms with van der Waals surface area (Å²) in [7, 11) is 0. The van der Waals surface area contributed by atoms with Gasteiger partial charge in [0.2, 0.25) is 0 Å². The predicted molar refractivity (Wildman–Crippen MR) is 66.2 cm³/mol. The van der Waals surface area contributed by atoms with Gasteiger partial charge >= 0.3 is 0 Å². The maximum absolute atomic E-state index is 10.4. The van der Waals surface area contributed by atoms with Gasteiger partial charge in [0.25, 0.3) is 0 Å². The Labute approximate surface area is 101 Å². The molecule has 0 spiro atoms. The summed E-state index contributed by atoms with van der Waals surface area (Å²) >= 11 is 6.15. The number of hydrogen-bond acceptors (Lipinski definition) is 3. The Morgan fingerprint density at radius 2 is 2.00 bits per heavy atom. The lowest BCUT2D eigenvalue weighted by Gasteiger charge is -2.24. The summed E-state index contributed by atoms with van der Waals surface area (Å²) in [6.07, 6.45) is 0. The van der Waals surface area contributed by atoms with Gasteiger partial charge in [0.15, 0.2) is 0 Å². The van der Waals surface area contributed by atoms with Gasteiger partial charge in [-0.25, -0.2) is 0 Å². The number of nitrogens with zero attached hydrogens (tertiary/aromatic N) is 1. The SMILES string of the molecule is Cc1ccc(OCC(C)(Cl)C(C)N=O)cc1. The van der Waals surface area contributed by atoms with Crippen LogP contribution in [0.15, 0.2) is 29.4 Å². The first-order valence-corrected chi connectivity index (χ1v) is 5.54. The fraction of sp³-hybridized carbons (Fsp3) is 0.500. The van der Waals surface area contributed by atoms with Crippen molar-refractivity contribution in [3.8, 4) is 5.75 Å². The van der Waals surface area contributed by atoms with E-state index in [4.69, 9.17) is 16.3 Å². The molecule has 1 rings (SSSR count). The molecule has 16 heavy (non-hydrogen) atoms. The number of aryl methyl sites for hydroxylation is 1. The van der Waals surface area contributed by atoms with Crippen molar-refractivity contribution in [1.82, 2.24) is 0 Å². The van der Waals surface area contributed by atoms with Crippen molar-refractivity contribution in [1.29, 1.82) is 0 Å². The average molecular weight is 242 g/mol. The summed E-state index contributed by atoms with van der Waals surface area (Å²) in [6, 6.07) is 7.19. The highest BCUT2D eigenvalue weighted by Gasteiger charge is 2.30. The highest BCUT2D eigenvalue weighted by atomic mass is 35.5. The predicted octanol–water partition coefficient (Wildman–Crippen LogP) is 3.53. The monoisotopic (exact) mass is 241 g/mol. The molecule has 0 aromatic heterocycles. The summed E-state index contributed by atoms with van der Waals surface area (Å²) in [4.78, 5) is 9.65. The van der Waals surface area contributed by atoms with Crippen LogP contribution in [0.4, 0.5) is 0 Å². The van der Waals surface area contributed by atoms with E-state index in [1.165, 1.54) is 5.56 Å². The van der Waals surface area contributed by atoms with E-state index in [-0.39, 0.29) is 6.61 Å². The lowest BCUT2D eigenvalue weighted by Crippen LogP contribution is -2.36. The van der Waals surface area contributed by atoms with E-state index in [9.17, 15) is 4.91 Å². The average Bonchev–Trinajstić information content (AvgIpc) is 2.27. The Bertz CT molecular complexity index is 349. The van der Waals surface area contributed by atoms with Crippen LogP contribution < -0.4 is 4.74 Å². The Balaban J connectivity index is 2.57. The summed E-state index contributed by atoms with van der Waals surface area (Å²) < 4.78 is 5.52. The molecule has 0 saturated carbocycles. The van der Waals surface area contributed by atoms with Crippen LogP contribution in [-0.2, 0) is 0 Å². The van der Waals surface area contributed by atoms with Gasteiger partial charge in [-0.1, -0.05) is 22.9 Å². The zero-order valence-electron chi connectivity index (χ0n) is 9.74. The number of hydrogen-bond donors (Lipinski definition) is 0. The van der Waals surface area contributed by atoms with E-state index in [0.29, 0.717) is 0 Å². The van der Waals surface area contributed by atoms with Crippen molar-refractivity contribution >= 4 is 11.6 Å². The number of alkyl halides is 1. The van der Waals surface area contributed by atoms with Gasteiger partial charge in [-0.2, -0.15) is 4.91 Å². The van der Waals surface area contributed by atoms with Gasteiger partial charge in [-0.3, -0.25) is 0 Å². The second-order valence-corrected chi connectivity index (χ2v) is 5.02. The van der Waals surface area contributed by atoms with Crippen molar-refractivity contribution in [2.45, 2.75) is 31.7 Å². The molecule has 0 bridgehead atoms.